The summed E-state index contributed by atoms with van der Waals surface area (Å²) in [6.45, 7) is 17.9. The van der Waals surface area contributed by atoms with Gasteiger partial charge in [0.15, 0.2) is 17.4 Å². The second-order valence-electron chi connectivity index (χ2n) is 16.6. The number of nitrogens with two attached hydrogens (primary N) is 1. The molecule has 0 spiro atoms. The van der Waals surface area contributed by atoms with Gasteiger partial charge in [-0.1, -0.05) is 169 Å². The Hall–Kier alpha value is -4.96. The van der Waals surface area contributed by atoms with Gasteiger partial charge in [0.05, 0.1) is 19.5 Å². The number of benzene rings is 4. The predicted molar refractivity (Wildman–Crippen MR) is 232 cm³/mol. The largest absolute Gasteiger partial charge is 0.405 e. The molecule has 2 unspecified atom stereocenters. The van der Waals surface area contributed by atoms with Gasteiger partial charge in [-0.3, -0.25) is 14.3 Å². The maximum atomic E-state index is 13.0. The fraction of sp³-hybridized carbons (Fsp3) is 0.311. The molecule has 296 valence electrons. The van der Waals surface area contributed by atoms with Gasteiger partial charge in [0, 0.05) is 0 Å². The van der Waals surface area contributed by atoms with E-state index in [1.54, 1.807) is 17.0 Å². The van der Waals surface area contributed by atoms with Crippen LogP contribution in [0.15, 0.2) is 145 Å². The lowest BCUT2D eigenvalue weighted by Crippen LogP contribution is -2.70. The average molecular weight is 800 g/mol. The van der Waals surface area contributed by atoms with Gasteiger partial charge in [0.1, 0.15) is 18.3 Å². The molecule has 4 aromatic carbocycles. The quantitative estimate of drug-likeness (QED) is 0.113. The van der Waals surface area contributed by atoms with Crippen molar-refractivity contribution in [3.05, 3.63) is 151 Å². The van der Waals surface area contributed by atoms with Crippen LogP contribution in [-0.2, 0) is 18.3 Å². The zero-order valence-corrected chi connectivity index (χ0v) is 35.6. The molecular weight excluding hydrogens is 747 g/mol. The molecule has 4 atom stereocenters. The smallest absolute Gasteiger partial charge is 0.280 e. The van der Waals surface area contributed by atoms with Crippen molar-refractivity contribution in [1.29, 1.82) is 0 Å². The predicted octanol–water partition coefficient (Wildman–Crippen LogP) is 5.69. The Labute approximate surface area is 337 Å². The van der Waals surface area contributed by atoms with Gasteiger partial charge in [0.25, 0.3) is 22.2 Å². The number of hydrogen-bond acceptors (Lipinski definition) is 8. The number of hydrogen-bond donors (Lipinski definition) is 2. The van der Waals surface area contributed by atoms with E-state index in [1.807, 2.05) is 24.3 Å². The zero-order valence-electron chi connectivity index (χ0n) is 33.6. The fourth-order valence-corrected chi connectivity index (χ4v) is 17.8. The molecule has 0 aliphatic carbocycles. The molecule has 3 N–H and O–H groups in total. The van der Waals surface area contributed by atoms with Gasteiger partial charge >= 0.3 is 0 Å². The van der Waals surface area contributed by atoms with Crippen LogP contribution in [0, 0.1) is 0 Å². The molecule has 2 aromatic heterocycles. The summed E-state index contributed by atoms with van der Waals surface area (Å²) in [5, 5.41) is 3.91. The fourth-order valence-electron chi connectivity index (χ4n) is 8.56. The van der Waals surface area contributed by atoms with Crippen LogP contribution in [0.3, 0.4) is 0 Å². The third-order valence-corrected chi connectivity index (χ3v) is 21.1. The highest BCUT2D eigenvalue weighted by Gasteiger charge is 2.58. The standard InChI is InChI=1S/C45H53N5O5Si2/c1-8-29-52-39-38(55-57(45(5,6)7,34-25-17-11-18-26-34)35-27-19-12-20-28-35)36(54-42(39)50-31-47-37-40(50)48-43(46)49-41(37)51)30-53-56(44(2,3)4,32-21-13-9-14-22-32)33-23-15-10-16-24-33/h8-28,31,36,38-39,42H,1,29-30H2,2-7H3,(H3,46,48,49,51)/t36-,38?,39?,42-/m1/s1. The van der Waals surface area contributed by atoms with E-state index in [-0.39, 0.29) is 40.4 Å². The first-order valence-electron chi connectivity index (χ1n) is 19.5. The summed E-state index contributed by atoms with van der Waals surface area (Å²) in [6, 6.07) is 42.2. The first kappa shape index (κ1) is 40.2. The Balaban J connectivity index is 1.44. The Morgan fingerprint density at radius 2 is 1.25 bits per heavy atom. The van der Waals surface area contributed by atoms with Crippen LogP contribution in [-0.4, -0.2) is 67.7 Å². The number of imidazole rings is 1. The molecular formula is C45H53N5O5Si2. The van der Waals surface area contributed by atoms with Crippen LogP contribution in [0.4, 0.5) is 5.95 Å². The van der Waals surface area contributed by atoms with Crippen LogP contribution < -0.4 is 32.0 Å². The third-order valence-electron chi connectivity index (χ3n) is 11.0. The van der Waals surface area contributed by atoms with E-state index in [1.165, 1.54) is 0 Å². The number of nitrogens with zero attached hydrogens (tertiary/aromatic N) is 3. The van der Waals surface area contributed by atoms with E-state index in [4.69, 9.17) is 24.1 Å². The van der Waals surface area contributed by atoms with Gasteiger partial charge in [-0.05, 0) is 30.8 Å². The highest BCUT2D eigenvalue weighted by Crippen LogP contribution is 2.44. The van der Waals surface area contributed by atoms with Crippen molar-refractivity contribution >= 4 is 54.5 Å². The summed E-state index contributed by atoms with van der Waals surface area (Å²) >= 11 is 0. The first-order valence-corrected chi connectivity index (χ1v) is 23.3. The lowest BCUT2D eigenvalue weighted by atomic mass is 10.1. The number of ether oxygens (including phenoxy) is 2. The Bertz CT molecular complexity index is 2250. The maximum Gasteiger partial charge on any atom is 0.280 e. The van der Waals surface area contributed by atoms with Crippen molar-refractivity contribution in [2.45, 2.75) is 76.2 Å². The number of nitrogens with one attached hydrogen (secondary N) is 1. The minimum atomic E-state index is -3.21. The molecule has 1 saturated heterocycles. The number of aromatic nitrogens is 4. The van der Waals surface area contributed by atoms with Crippen molar-refractivity contribution in [3.8, 4) is 0 Å². The maximum absolute atomic E-state index is 13.0. The summed E-state index contributed by atoms with van der Waals surface area (Å²) in [6.07, 6.45) is 0.431. The van der Waals surface area contributed by atoms with Crippen LogP contribution in [0.5, 0.6) is 0 Å². The molecule has 0 saturated carbocycles. The first-order chi connectivity index (χ1) is 27.3. The van der Waals surface area contributed by atoms with Crippen LogP contribution >= 0.6 is 0 Å². The SMILES string of the molecule is C=CCOC1C(O[Si](c2ccccc2)(c2ccccc2)C(C)(C)C)[C@@H](CO[Si](c2ccccc2)(c2ccccc2)C(C)(C)C)O[C@H]1n1cnc2c(=O)[nH]c(N)nc21. The zero-order chi connectivity index (χ0) is 40.4. The number of nitrogen functional groups attached to an aromatic ring is 1. The van der Waals surface area contributed by atoms with E-state index in [2.05, 4.69) is 160 Å². The van der Waals surface area contributed by atoms with E-state index < -0.39 is 46.7 Å². The highest BCUT2D eigenvalue weighted by molar-refractivity contribution is 7.00. The lowest BCUT2D eigenvalue weighted by Gasteiger charge is -2.46. The van der Waals surface area contributed by atoms with Crippen molar-refractivity contribution in [2.75, 3.05) is 18.9 Å². The van der Waals surface area contributed by atoms with Crippen LogP contribution in [0.2, 0.25) is 10.1 Å². The summed E-state index contributed by atoms with van der Waals surface area (Å²) < 4.78 is 31.2. The number of aromatic amines is 1. The van der Waals surface area contributed by atoms with Crippen molar-refractivity contribution in [2.24, 2.45) is 0 Å². The topological polar surface area (TPSA) is 127 Å². The third kappa shape index (κ3) is 7.37. The van der Waals surface area contributed by atoms with Crippen LogP contribution in [0.1, 0.15) is 47.8 Å². The summed E-state index contributed by atoms with van der Waals surface area (Å²) in [7, 11) is -6.25. The Morgan fingerprint density at radius 3 is 1.70 bits per heavy atom. The Kier molecular flexibility index (Phi) is 11.4. The van der Waals surface area contributed by atoms with Gasteiger partial charge in [0.2, 0.25) is 5.95 Å². The van der Waals surface area contributed by atoms with Crippen molar-refractivity contribution in [3.63, 3.8) is 0 Å². The molecule has 0 bridgehead atoms. The van der Waals surface area contributed by atoms with Gasteiger partial charge in [-0.2, -0.15) is 4.98 Å². The number of rotatable bonds is 13. The van der Waals surface area contributed by atoms with E-state index in [0.29, 0.717) is 0 Å². The van der Waals surface area contributed by atoms with Gasteiger partial charge in [-0.25, -0.2) is 4.98 Å². The molecule has 1 aliphatic heterocycles. The lowest BCUT2D eigenvalue weighted by molar-refractivity contribution is -0.0633. The average Bonchev–Trinajstić information content (AvgIpc) is 3.77. The normalized spacial score (nSPS) is 19.2. The van der Waals surface area contributed by atoms with E-state index in [0.717, 1.165) is 20.7 Å². The molecule has 1 fully saturated rings. The molecule has 0 radical (unpaired) electrons. The molecule has 1 aliphatic rings. The number of anilines is 1. The van der Waals surface area contributed by atoms with E-state index >= 15 is 0 Å². The van der Waals surface area contributed by atoms with Crippen molar-refractivity contribution in [1.82, 2.24) is 19.5 Å². The summed E-state index contributed by atoms with van der Waals surface area (Å²) in [4.78, 5) is 24.6. The van der Waals surface area contributed by atoms with Gasteiger partial charge in [-0.15, -0.1) is 6.58 Å². The van der Waals surface area contributed by atoms with Crippen LogP contribution in [0.25, 0.3) is 11.2 Å². The molecule has 57 heavy (non-hydrogen) atoms. The highest BCUT2D eigenvalue weighted by atomic mass is 28.4. The minimum absolute atomic E-state index is 0.0255. The molecule has 6 aromatic rings. The molecule has 0 amide bonds. The molecule has 7 rings (SSSR count). The van der Waals surface area contributed by atoms with E-state index in [9.17, 15) is 4.79 Å². The molecule has 3 heterocycles. The second-order valence-corrected chi connectivity index (χ2v) is 25.2. The number of fused-ring (bicyclic) bond motifs is 1. The molecule has 12 heteroatoms. The number of H-pyrrole nitrogens is 1. The van der Waals surface area contributed by atoms with Crippen molar-refractivity contribution < 1.29 is 18.3 Å². The summed E-state index contributed by atoms with van der Waals surface area (Å²) in [5.41, 5.74) is 6.09. The Morgan fingerprint density at radius 1 is 0.772 bits per heavy atom. The second kappa shape index (κ2) is 16.1. The molecule has 10 nitrogen and oxygen atoms in total. The van der Waals surface area contributed by atoms with Gasteiger partial charge < -0.3 is 24.1 Å². The summed E-state index contributed by atoms with van der Waals surface area (Å²) in [5.74, 6) is -0.0255. The monoisotopic (exact) mass is 799 g/mol. The minimum Gasteiger partial charge on any atom is -0.405 e.